The van der Waals surface area contributed by atoms with Gasteiger partial charge in [-0.25, -0.2) is 0 Å². The monoisotopic (exact) mass is 251 g/mol. The van der Waals surface area contributed by atoms with Crippen molar-refractivity contribution in [2.45, 2.75) is 6.92 Å². The molecule has 0 aromatic heterocycles. The molecule has 96 valence electrons. The summed E-state index contributed by atoms with van der Waals surface area (Å²) in [5, 5.41) is 2.47. The van der Waals surface area contributed by atoms with E-state index in [-0.39, 0.29) is 12.2 Å². The van der Waals surface area contributed by atoms with E-state index in [1.165, 1.54) is 26.2 Å². The molecule has 0 atom stereocenters. The minimum atomic E-state index is -0.546. The van der Waals surface area contributed by atoms with Gasteiger partial charge in [0.05, 0.1) is 12.8 Å². The van der Waals surface area contributed by atoms with Crippen LogP contribution >= 0.6 is 0 Å². The lowest BCUT2D eigenvalue weighted by atomic mass is 10.2. The average molecular weight is 251 g/mol. The zero-order valence-electron chi connectivity index (χ0n) is 10.1. The van der Waals surface area contributed by atoms with Crippen molar-refractivity contribution in [2.24, 2.45) is 0 Å². The van der Waals surface area contributed by atoms with Crippen LogP contribution in [0.4, 0.5) is 5.69 Å². The van der Waals surface area contributed by atoms with Crippen LogP contribution in [0.2, 0.25) is 0 Å². The third-order valence-electron chi connectivity index (χ3n) is 2.07. The third kappa shape index (κ3) is 3.89. The van der Waals surface area contributed by atoms with Crippen molar-refractivity contribution in [3.63, 3.8) is 0 Å². The topological polar surface area (TPSA) is 81.7 Å². The normalized spacial score (nSPS) is 9.44. The first-order valence-electron chi connectivity index (χ1n) is 5.13. The van der Waals surface area contributed by atoms with Crippen LogP contribution in [0.3, 0.4) is 0 Å². The van der Waals surface area contributed by atoms with Crippen LogP contribution in [0, 0.1) is 0 Å². The van der Waals surface area contributed by atoms with Gasteiger partial charge in [-0.3, -0.25) is 14.4 Å². The number of aldehydes is 1. The largest absolute Gasteiger partial charge is 0.497 e. The molecule has 1 rings (SSSR count). The Hall–Kier alpha value is -2.37. The number of hydrogen-bond donors (Lipinski definition) is 1. The third-order valence-corrected chi connectivity index (χ3v) is 2.07. The number of rotatable bonds is 5. The molecule has 0 aliphatic heterocycles. The molecule has 0 aliphatic carbocycles. The average Bonchev–Trinajstić information content (AvgIpc) is 2.36. The zero-order chi connectivity index (χ0) is 13.5. The highest BCUT2D eigenvalue weighted by molar-refractivity contribution is 5.97. The Kier molecular flexibility index (Phi) is 4.86. The number of ether oxygens (including phenoxy) is 2. The molecule has 0 bridgehead atoms. The van der Waals surface area contributed by atoms with Crippen LogP contribution in [0.1, 0.15) is 17.3 Å². The fourth-order valence-corrected chi connectivity index (χ4v) is 1.23. The molecule has 0 fully saturated rings. The van der Waals surface area contributed by atoms with Gasteiger partial charge in [0, 0.05) is 12.5 Å². The van der Waals surface area contributed by atoms with Gasteiger partial charge in [0.15, 0.2) is 12.9 Å². The molecule has 1 amide bonds. The summed E-state index contributed by atoms with van der Waals surface area (Å²) in [6.07, 6.45) is 0.601. The maximum absolute atomic E-state index is 11.4. The molecule has 0 saturated carbocycles. The van der Waals surface area contributed by atoms with Crippen molar-refractivity contribution in [1.29, 1.82) is 0 Å². The second-order valence-electron chi connectivity index (χ2n) is 3.40. The van der Waals surface area contributed by atoms with Gasteiger partial charge in [0.25, 0.3) is 5.91 Å². The van der Waals surface area contributed by atoms with Crippen LogP contribution < -0.4 is 10.1 Å². The molecular weight excluding hydrogens is 238 g/mol. The highest BCUT2D eigenvalue weighted by Gasteiger charge is 2.09. The van der Waals surface area contributed by atoms with Gasteiger partial charge in [0.2, 0.25) is 0 Å². The molecule has 0 unspecified atom stereocenters. The van der Waals surface area contributed by atoms with Crippen LogP contribution in [-0.4, -0.2) is 31.9 Å². The molecule has 0 spiro atoms. The number of carbonyl (C=O) groups is 3. The van der Waals surface area contributed by atoms with E-state index in [1.54, 1.807) is 6.07 Å². The number of anilines is 1. The lowest BCUT2D eigenvalue weighted by molar-refractivity contribution is -0.144. The molecule has 0 saturated heterocycles. The summed E-state index contributed by atoms with van der Waals surface area (Å²) in [6, 6.07) is 4.64. The predicted octanol–water partition coefficient (Wildman–Crippen LogP) is 1.01. The Morgan fingerprint density at radius 2 is 2.11 bits per heavy atom. The van der Waals surface area contributed by atoms with E-state index in [0.717, 1.165) is 0 Å². The van der Waals surface area contributed by atoms with Crippen molar-refractivity contribution in [3.8, 4) is 5.75 Å². The van der Waals surface area contributed by atoms with E-state index in [4.69, 9.17) is 4.74 Å². The number of methoxy groups -OCH3 is 1. The van der Waals surface area contributed by atoms with E-state index >= 15 is 0 Å². The predicted molar refractivity (Wildman–Crippen MR) is 63.6 cm³/mol. The summed E-state index contributed by atoms with van der Waals surface area (Å²) in [5.41, 5.74) is 0.619. The van der Waals surface area contributed by atoms with Gasteiger partial charge in [0.1, 0.15) is 5.75 Å². The molecule has 0 aliphatic rings. The van der Waals surface area contributed by atoms with Crippen molar-refractivity contribution in [1.82, 2.24) is 0 Å². The number of amides is 1. The molecule has 0 radical (unpaired) electrons. The number of carbonyl (C=O) groups excluding carboxylic acids is 3. The summed E-state index contributed by atoms with van der Waals surface area (Å²) < 4.78 is 9.48. The number of benzene rings is 1. The SMILES string of the molecule is COc1ccc(NC(=O)COC(C)=O)c(C=O)c1. The van der Waals surface area contributed by atoms with E-state index in [2.05, 4.69) is 10.1 Å². The van der Waals surface area contributed by atoms with Gasteiger partial charge in [-0.05, 0) is 18.2 Å². The van der Waals surface area contributed by atoms with Gasteiger partial charge in [-0.2, -0.15) is 0 Å². The van der Waals surface area contributed by atoms with E-state index in [9.17, 15) is 14.4 Å². The second kappa shape index (κ2) is 6.39. The molecule has 6 nitrogen and oxygen atoms in total. The first kappa shape index (κ1) is 13.7. The molecule has 6 heteroatoms. The number of hydrogen-bond acceptors (Lipinski definition) is 5. The quantitative estimate of drug-likeness (QED) is 0.623. The van der Waals surface area contributed by atoms with Crippen LogP contribution in [0.25, 0.3) is 0 Å². The first-order chi connectivity index (χ1) is 8.56. The minimum absolute atomic E-state index is 0.283. The maximum Gasteiger partial charge on any atom is 0.303 e. The summed E-state index contributed by atoms with van der Waals surface area (Å²) in [5.74, 6) is -0.552. The van der Waals surface area contributed by atoms with Crippen molar-refractivity contribution < 1.29 is 23.9 Å². The Morgan fingerprint density at radius 3 is 2.67 bits per heavy atom. The van der Waals surface area contributed by atoms with Crippen LogP contribution in [0.15, 0.2) is 18.2 Å². The standard InChI is InChI=1S/C12H13NO5/c1-8(15)18-7-12(16)13-11-4-3-10(17-2)5-9(11)6-14/h3-6H,7H2,1-2H3,(H,13,16). The van der Waals surface area contributed by atoms with E-state index in [1.807, 2.05) is 0 Å². The zero-order valence-corrected chi connectivity index (χ0v) is 10.1. The fourth-order valence-electron chi connectivity index (χ4n) is 1.23. The fraction of sp³-hybridized carbons (Fsp3) is 0.250. The Balaban J connectivity index is 2.74. The Labute approximate surface area is 104 Å². The Bertz CT molecular complexity index is 470. The van der Waals surface area contributed by atoms with Crippen LogP contribution in [0.5, 0.6) is 5.75 Å². The lowest BCUT2D eigenvalue weighted by Crippen LogP contribution is -2.20. The van der Waals surface area contributed by atoms with Crippen LogP contribution in [-0.2, 0) is 14.3 Å². The minimum Gasteiger partial charge on any atom is -0.497 e. The highest BCUT2D eigenvalue weighted by Crippen LogP contribution is 2.20. The summed E-state index contributed by atoms with van der Waals surface area (Å²) in [6.45, 7) is 0.817. The first-order valence-corrected chi connectivity index (χ1v) is 5.13. The molecule has 1 aromatic carbocycles. The maximum atomic E-state index is 11.4. The van der Waals surface area contributed by atoms with Gasteiger partial charge >= 0.3 is 5.97 Å². The van der Waals surface area contributed by atoms with Gasteiger partial charge in [-0.15, -0.1) is 0 Å². The van der Waals surface area contributed by atoms with Crippen molar-refractivity contribution in [3.05, 3.63) is 23.8 Å². The summed E-state index contributed by atoms with van der Waals surface area (Å²) >= 11 is 0. The van der Waals surface area contributed by atoms with E-state index < -0.39 is 11.9 Å². The van der Waals surface area contributed by atoms with Crippen molar-refractivity contribution >= 4 is 23.9 Å². The molecular formula is C12H13NO5. The smallest absolute Gasteiger partial charge is 0.303 e. The van der Waals surface area contributed by atoms with Gasteiger partial charge in [-0.1, -0.05) is 0 Å². The van der Waals surface area contributed by atoms with Crippen molar-refractivity contribution in [2.75, 3.05) is 19.0 Å². The summed E-state index contributed by atoms with van der Waals surface area (Å²) in [4.78, 5) is 32.8. The lowest BCUT2D eigenvalue weighted by Gasteiger charge is -2.09. The Morgan fingerprint density at radius 1 is 1.39 bits per heavy atom. The molecule has 0 heterocycles. The number of nitrogens with one attached hydrogen (secondary N) is 1. The molecule has 1 N–H and O–H groups in total. The molecule has 1 aromatic rings. The highest BCUT2D eigenvalue weighted by atomic mass is 16.5. The van der Waals surface area contributed by atoms with Gasteiger partial charge < -0.3 is 14.8 Å². The number of esters is 1. The summed E-state index contributed by atoms with van der Waals surface area (Å²) in [7, 11) is 1.48. The van der Waals surface area contributed by atoms with E-state index in [0.29, 0.717) is 17.7 Å². The second-order valence-corrected chi connectivity index (χ2v) is 3.40. The molecule has 18 heavy (non-hydrogen) atoms.